The number of hydrogen-bond donors (Lipinski definition) is 3. The van der Waals surface area contributed by atoms with Crippen LogP contribution in [0.25, 0.3) is 0 Å². The predicted molar refractivity (Wildman–Crippen MR) is 73.1 cm³/mol. The van der Waals surface area contributed by atoms with Gasteiger partial charge in [0.1, 0.15) is 0 Å². The van der Waals surface area contributed by atoms with E-state index in [1.54, 1.807) is 18.2 Å². The molecule has 19 heavy (non-hydrogen) atoms. The number of nitrogen functional groups attached to an aromatic ring is 1. The van der Waals surface area contributed by atoms with Crippen LogP contribution < -0.4 is 15.8 Å². The number of aliphatic hydroxyl groups is 1. The highest BCUT2D eigenvalue weighted by molar-refractivity contribution is 5.98. The van der Waals surface area contributed by atoms with Gasteiger partial charge in [-0.25, -0.2) is 0 Å². The summed E-state index contributed by atoms with van der Waals surface area (Å²) in [6, 6.07) is 4.88. The van der Waals surface area contributed by atoms with Crippen LogP contribution in [0.1, 0.15) is 36.0 Å². The molecule has 1 amide bonds. The highest BCUT2D eigenvalue weighted by Gasteiger charge is 2.26. The molecule has 1 aromatic carbocycles. The van der Waals surface area contributed by atoms with Crippen LogP contribution in [0.4, 0.5) is 5.69 Å². The number of aliphatic hydroxyl groups excluding tert-OH is 1. The Balaban J connectivity index is 2.13. The van der Waals surface area contributed by atoms with Crippen molar-refractivity contribution in [1.82, 2.24) is 5.32 Å². The molecule has 0 heterocycles. The number of methoxy groups -OCH3 is 1. The molecule has 1 aliphatic carbocycles. The molecule has 0 bridgehead atoms. The van der Waals surface area contributed by atoms with Crippen molar-refractivity contribution in [2.75, 3.05) is 12.8 Å². The van der Waals surface area contributed by atoms with Gasteiger partial charge in [0.05, 0.1) is 30.5 Å². The standard InChI is InChI=1S/C14H20N2O3/c1-19-13-9(5-4-6-10(13)15)14(18)16-11-7-2-3-8-12(11)17/h4-6,11-12,17H,2-3,7-8,15H2,1H3,(H,16,18)/t11-,12-/m0/s1. The van der Waals surface area contributed by atoms with Crippen LogP contribution >= 0.6 is 0 Å². The first-order chi connectivity index (χ1) is 9.13. The van der Waals surface area contributed by atoms with Gasteiger partial charge >= 0.3 is 0 Å². The molecular formula is C14H20N2O3. The highest BCUT2D eigenvalue weighted by atomic mass is 16.5. The number of carbonyl (C=O) groups is 1. The molecule has 2 atom stereocenters. The Hall–Kier alpha value is -1.75. The lowest BCUT2D eigenvalue weighted by molar-refractivity contribution is 0.0715. The molecule has 5 nitrogen and oxygen atoms in total. The summed E-state index contributed by atoms with van der Waals surface area (Å²) in [4.78, 5) is 12.2. The van der Waals surface area contributed by atoms with Crippen molar-refractivity contribution >= 4 is 11.6 Å². The molecule has 5 heteroatoms. The lowest BCUT2D eigenvalue weighted by Gasteiger charge is -2.28. The average Bonchev–Trinajstić information content (AvgIpc) is 2.41. The van der Waals surface area contributed by atoms with E-state index in [9.17, 15) is 9.90 Å². The molecule has 0 unspecified atom stereocenters. The van der Waals surface area contributed by atoms with Gasteiger partial charge in [-0.3, -0.25) is 4.79 Å². The first-order valence-corrected chi connectivity index (χ1v) is 6.55. The predicted octanol–water partition coefficient (Wildman–Crippen LogP) is 1.31. The summed E-state index contributed by atoms with van der Waals surface area (Å²) < 4.78 is 5.16. The number of para-hydroxylation sites is 1. The zero-order valence-electron chi connectivity index (χ0n) is 11.1. The summed E-state index contributed by atoms with van der Waals surface area (Å²) in [5.41, 5.74) is 6.61. The molecule has 0 aliphatic heterocycles. The Bertz CT molecular complexity index is 462. The Morgan fingerprint density at radius 3 is 2.84 bits per heavy atom. The summed E-state index contributed by atoms with van der Waals surface area (Å²) in [6.07, 6.45) is 3.10. The zero-order chi connectivity index (χ0) is 13.8. The second-order valence-electron chi connectivity index (χ2n) is 4.86. The topological polar surface area (TPSA) is 84.6 Å². The van der Waals surface area contributed by atoms with Crippen molar-refractivity contribution < 1.29 is 14.6 Å². The Kier molecular flexibility index (Phi) is 4.27. The molecule has 1 fully saturated rings. The van der Waals surface area contributed by atoms with Crippen molar-refractivity contribution in [2.24, 2.45) is 0 Å². The van der Waals surface area contributed by atoms with Crippen LogP contribution in [0.3, 0.4) is 0 Å². The van der Waals surface area contributed by atoms with E-state index >= 15 is 0 Å². The van der Waals surface area contributed by atoms with Crippen molar-refractivity contribution in [3.63, 3.8) is 0 Å². The minimum atomic E-state index is -0.468. The highest BCUT2D eigenvalue weighted by Crippen LogP contribution is 2.26. The number of benzene rings is 1. The quantitative estimate of drug-likeness (QED) is 0.719. The zero-order valence-corrected chi connectivity index (χ0v) is 11.1. The van der Waals surface area contributed by atoms with E-state index in [-0.39, 0.29) is 11.9 Å². The molecule has 0 spiro atoms. The summed E-state index contributed by atoms with van der Waals surface area (Å²) in [5.74, 6) is 0.125. The van der Waals surface area contributed by atoms with Crippen molar-refractivity contribution in [3.05, 3.63) is 23.8 Å². The van der Waals surface area contributed by atoms with Crippen LogP contribution in [0.5, 0.6) is 5.75 Å². The van der Waals surface area contributed by atoms with Crippen LogP contribution in [0, 0.1) is 0 Å². The largest absolute Gasteiger partial charge is 0.494 e. The fourth-order valence-corrected chi connectivity index (χ4v) is 2.49. The molecular weight excluding hydrogens is 244 g/mol. The van der Waals surface area contributed by atoms with E-state index in [0.29, 0.717) is 17.0 Å². The third-order valence-corrected chi connectivity index (χ3v) is 3.54. The van der Waals surface area contributed by atoms with Gasteiger partial charge in [-0.15, -0.1) is 0 Å². The van der Waals surface area contributed by atoms with Gasteiger partial charge in [0.2, 0.25) is 0 Å². The third-order valence-electron chi connectivity index (χ3n) is 3.54. The monoisotopic (exact) mass is 264 g/mol. The number of nitrogens with two attached hydrogens (primary N) is 1. The molecule has 0 aromatic heterocycles. The van der Waals surface area contributed by atoms with Gasteiger partial charge < -0.3 is 20.9 Å². The normalized spacial score (nSPS) is 22.8. The van der Waals surface area contributed by atoms with Crippen molar-refractivity contribution in [2.45, 2.75) is 37.8 Å². The Morgan fingerprint density at radius 2 is 2.16 bits per heavy atom. The third kappa shape index (κ3) is 2.98. The van der Waals surface area contributed by atoms with E-state index in [2.05, 4.69) is 5.32 Å². The van der Waals surface area contributed by atoms with Crippen LogP contribution in [-0.4, -0.2) is 30.3 Å². The van der Waals surface area contributed by atoms with Gasteiger partial charge in [-0.1, -0.05) is 18.9 Å². The molecule has 2 rings (SSSR count). The minimum Gasteiger partial charge on any atom is -0.494 e. The summed E-state index contributed by atoms with van der Waals surface area (Å²) >= 11 is 0. The SMILES string of the molecule is COc1c(N)cccc1C(=O)N[C@H]1CCCC[C@@H]1O. The van der Waals surface area contributed by atoms with Crippen molar-refractivity contribution in [3.8, 4) is 5.75 Å². The van der Waals surface area contributed by atoms with E-state index < -0.39 is 6.10 Å². The van der Waals surface area contributed by atoms with E-state index in [0.717, 1.165) is 25.7 Å². The van der Waals surface area contributed by atoms with E-state index in [1.807, 2.05) is 0 Å². The maximum atomic E-state index is 12.2. The number of amides is 1. The maximum absolute atomic E-state index is 12.2. The van der Waals surface area contributed by atoms with Gasteiger partial charge in [-0.05, 0) is 25.0 Å². The van der Waals surface area contributed by atoms with Gasteiger partial charge in [0, 0.05) is 0 Å². The van der Waals surface area contributed by atoms with Crippen LogP contribution in [0.15, 0.2) is 18.2 Å². The van der Waals surface area contributed by atoms with Gasteiger partial charge in [0.15, 0.2) is 5.75 Å². The molecule has 1 saturated carbocycles. The summed E-state index contributed by atoms with van der Waals surface area (Å²) in [6.45, 7) is 0. The molecule has 1 aliphatic rings. The fraction of sp³-hybridized carbons (Fsp3) is 0.500. The Morgan fingerprint density at radius 1 is 1.42 bits per heavy atom. The molecule has 0 radical (unpaired) electrons. The Labute approximate surface area is 112 Å². The van der Waals surface area contributed by atoms with E-state index in [4.69, 9.17) is 10.5 Å². The van der Waals surface area contributed by atoms with Gasteiger partial charge in [0.25, 0.3) is 5.91 Å². The molecule has 1 aromatic rings. The molecule has 4 N–H and O–H groups in total. The lowest BCUT2D eigenvalue weighted by atomic mass is 9.92. The van der Waals surface area contributed by atoms with E-state index in [1.165, 1.54) is 7.11 Å². The summed E-state index contributed by atoms with van der Waals surface area (Å²) in [5, 5.41) is 12.7. The second-order valence-corrected chi connectivity index (χ2v) is 4.86. The fourth-order valence-electron chi connectivity index (χ4n) is 2.49. The lowest BCUT2D eigenvalue weighted by Crippen LogP contribution is -2.45. The van der Waals surface area contributed by atoms with Crippen LogP contribution in [-0.2, 0) is 0 Å². The van der Waals surface area contributed by atoms with Gasteiger partial charge in [-0.2, -0.15) is 0 Å². The van der Waals surface area contributed by atoms with Crippen LogP contribution in [0.2, 0.25) is 0 Å². The molecule has 0 saturated heterocycles. The minimum absolute atomic E-state index is 0.188. The number of ether oxygens (including phenoxy) is 1. The number of hydrogen-bond acceptors (Lipinski definition) is 4. The first kappa shape index (κ1) is 13.7. The average molecular weight is 264 g/mol. The first-order valence-electron chi connectivity index (χ1n) is 6.55. The number of anilines is 1. The number of nitrogens with one attached hydrogen (secondary N) is 1. The second kappa shape index (κ2) is 5.93. The smallest absolute Gasteiger partial charge is 0.255 e. The molecule has 104 valence electrons. The number of carbonyl (C=O) groups excluding carboxylic acids is 1. The maximum Gasteiger partial charge on any atom is 0.255 e. The number of rotatable bonds is 3. The van der Waals surface area contributed by atoms with Crippen molar-refractivity contribution in [1.29, 1.82) is 0 Å². The summed E-state index contributed by atoms with van der Waals surface area (Å²) in [7, 11) is 1.48.